The number of carbonyl (C=O) groups excluding carboxylic acids is 3. The SMILES string of the molecule is CC(C)(C)CC(C)(C(=O)OC(COC(=O)C(F)(F)C(F)F)COC(=O)C(F)(F)C(F)F)C(C)(C)C. The van der Waals surface area contributed by atoms with E-state index < -0.39 is 78.2 Å². The van der Waals surface area contributed by atoms with Crippen molar-refractivity contribution < 1.29 is 63.7 Å². The summed E-state index contributed by atoms with van der Waals surface area (Å²) in [7, 11) is 0. The molecular weight excluding hydrogens is 500 g/mol. The first-order valence-corrected chi connectivity index (χ1v) is 10.3. The van der Waals surface area contributed by atoms with Crippen LogP contribution < -0.4 is 0 Å². The van der Waals surface area contributed by atoms with Gasteiger partial charge in [-0.15, -0.1) is 0 Å². The van der Waals surface area contributed by atoms with Crippen LogP contribution in [0.25, 0.3) is 0 Å². The number of carbonyl (C=O) groups is 3. The van der Waals surface area contributed by atoms with E-state index in [9.17, 15) is 49.5 Å². The van der Waals surface area contributed by atoms with Crippen molar-refractivity contribution in [2.24, 2.45) is 16.2 Å². The summed E-state index contributed by atoms with van der Waals surface area (Å²) in [4.78, 5) is 35.7. The van der Waals surface area contributed by atoms with E-state index in [-0.39, 0.29) is 6.42 Å². The van der Waals surface area contributed by atoms with Crippen LogP contribution in [0.1, 0.15) is 54.9 Å². The summed E-state index contributed by atoms with van der Waals surface area (Å²) in [5.74, 6) is -17.0. The van der Waals surface area contributed by atoms with Gasteiger partial charge in [0.1, 0.15) is 13.2 Å². The molecule has 6 nitrogen and oxygen atoms in total. The van der Waals surface area contributed by atoms with Gasteiger partial charge in [0.2, 0.25) is 0 Å². The maximum atomic E-state index is 13.1. The molecule has 0 spiro atoms. The van der Waals surface area contributed by atoms with Gasteiger partial charge >= 0.3 is 42.6 Å². The van der Waals surface area contributed by atoms with Crippen molar-refractivity contribution in [3.8, 4) is 0 Å². The molecule has 0 amide bonds. The van der Waals surface area contributed by atoms with Crippen LogP contribution in [-0.4, -0.2) is 61.9 Å². The Morgan fingerprint density at radius 1 is 0.657 bits per heavy atom. The van der Waals surface area contributed by atoms with Crippen molar-refractivity contribution in [2.75, 3.05) is 13.2 Å². The van der Waals surface area contributed by atoms with E-state index in [4.69, 9.17) is 4.74 Å². The third-order valence-electron chi connectivity index (χ3n) is 5.16. The van der Waals surface area contributed by atoms with Gasteiger partial charge in [0.15, 0.2) is 6.10 Å². The Morgan fingerprint density at radius 2 is 1.00 bits per heavy atom. The zero-order valence-corrected chi connectivity index (χ0v) is 20.3. The lowest BCUT2D eigenvalue weighted by Crippen LogP contribution is -2.47. The number of alkyl halides is 8. The third-order valence-corrected chi connectivity index (χ3v) is 5.16. The summed E-state index contributed by atoms with van der Waals surface area (Å²) in [5, 5.41) is 0. The largest absolute Gasteiger partial charge is 0.457 e. The Labute approximate surface area is 197 Å². The molecule has 0 saturated heterocycles. The summed E-state index contributed by atoms with van der Waals surface area (Å²) in [6, 6.07) is 0. The van der Waals surface area contributed by atoms with E-state index in [1.165, 1.54) is 6.92 Å². The minimum absolute atomic E-state index is 0.168. The highest BCUT2D eigenvalue weighted by Gasteiger charge is 2.53. The molecule has 0 aromatic heterocycles. The Balaban J connectivity index is 5.87. The van der Waals surface area contributed by atoms with Gasteiger partial charge in [0, 0.05) is 0 Å². The molecule has 0 heterocycles. The van der Waals surface area contributed by atoms with Crippen molar-refractivity contribution >= 4 is 17.9 Å². The van der Waals surface area contributed by atoms with Gasteiger partial charge < -0.3 is 14.2 Å². The molecule has 35 heavy (non-hydrogen) atoms. The second-order valence-electron chi connectivity index (χ2n) is 10.4. The summed E-state index contributed by atoms with van der Waals surface area (Å²) < 4.78 is 115. The molecule has 0 aliphatic rings. The van der Waals surface area contributed by atoms with Gasteiger partial charge in [-0.3, -0.25) is 4.79 Å². The van der Waals surface area contributed by atoms with Gasteiger partial charge in [-0.25, -0.2) is 27.2 Å². The maximum Gasteiger partial charge on any atom is 0.401 e. The fourth-order valence-corrected chi connectivity index (χ4v) is 2.81. The molecule has 0 bridgehead atoms. The first-order valence-electron chi connectivity index (χ1n) is 10.3. The monoisotopic (exact) mass is 530 g/mol. The normalized spacial score (nSPS) is 15.3. The molecule has 0 N–H and O–H groups in total. The standard InChI is InChI=1S/C21H30F8O6/c1-17(2,3)10-19(7,18(4,5)6)14(30)35-11(8-33-15(31)20(26,27)12(22)23)9-34-16(32)21(28,29)13(24)25/h11-13H,8-10H2,1-7H3. The smallest absolute Gasteiger partial charge is 0.401 e. The summed E-state index contributed by atoms with van der Waals surface area (Å²) in [6.07, 6.45) is -10.8. The van der Waals surface area contributed by atoms with E-state index >= 15 is 0 Å². The molecule has 206 valence electrons. The lowest BCUT2D eigenvalue weighted by molar-refractivity contribution is -0.207. The Morgan fingerprint density at radius 3 is 1.26 bits per heavy atom. The van der Waals surface area contributed by atoms with Crippen molar-refractivity contribution in [1.82, 2.24) is 0 Å². The van der Waals surface area contributed by atoms with Crippen LogP contribution in [-0.2, 0) is 28.6 Å². The molecule has 0 aromatic rings. The predicted octanol–water partition coefficient (Wildman–Crippen LogP) is 5.27. The number of hydrogen-bond acceptors (Lipinski definition) is 6. The number of halogens is 8. The van der Waals surface area contributed by atoms with Gasteiger partial charge in [-0.05, 0) is 24.2 Å². The second-order valence-corrected chi connectivity index (χ2v) is 10.4. The van der Waals surface area contributed by atoms with Crippen molar-refractivity contribution in [2.45, 2.75) is 85.7 Å². The fourth-order valence-electron chi connectivity index (χ4n) is 2.81. The molecule has 0 saturated carbocycles. The van der Waals surface area contributed by atoms with Crippen molar-refractivity contribution in [3.05, 3.63) is 0 Å². The average molecular weight is 530 g/mol. The zero-order valence-electron chi connectivity index (χ0n) is 20.3. The number of ether oxygens (including phenoxy) is 3. The Hall–Kier alpha value is -2.15. The first kappa shape index (κ1) is 32.8. The van der Waals surface area contributed by atoms with Crippen molar-refractivity contribution in [3.63, 3.8) is 0 Å². The molecule has 0 fully saturated rings. The minimum atomic E-state index is -5.25. The quantitative estimate of drug-likeness (QED) is 0.206. The van der Waals surface area contributed by atoms with Crippen LogP contribution in [0.15, 0.2) is 0 Å². The van der Waals surface area contributed by atoms with Gasteiger partial charge in [0.25, 0.3) is 0 Å². The molecule has 1 atom stereocenters. The molecule has 0 aliphatic heterocycles. The highest BCUT2D eigenvalue weighted by atomic mass is 19.3. The minimum Gasteiger partial charge on any atom is -0.457 e. The van der Waals surface area contributed by atoms with E-state index in [0.717, 1.165) is 0 Å². The highest BCUT2D eigenvalue weighted by Crippen LogP contribution is 2.47. The number of esters is 3. The van der Waals surface area contributed by atoms with Gasteiger partial charge in [0.05, 0.1) is 5.41 Å². The van der Waals surface area contributed by atoms with E-state index in [0.29, 0.717) is 0 Å². The van der Waals surface area contributed by atoms with Crippen LogP contribution in [0.4, 0.5) is 35.1 Å². The molecule has 0 radical (unpaired) electrons. The Kier molecular flexibility index (Phi) is 10.6. The van der Waals surface area contributed by atoms with Crippen LogP contribution in [0, 0.1) is 16.2 Å². The second kappa shape index (κ2) is 11.3. The Bertz CT molecular complexity index is 722. The number of rotatable bonds is 11. The van der Waals surface area contributed by atoms with E-state index in [1.54, 1.807) is 41.5 Å². The van der Waals surface area contributed by atoms with Crippen LogP contribution in [0.3, 0.4) is 0 Å². The lowest BCUT2D eigenvalue weighted by atomic mass is 9.61. The lowest BCUT2D eigenvalue weighted by Gasteiger charge is -2.44. The average Bonchev–Trinajstić information content (AvgIpc) is 2.66. The first-order chi connectivity index (χ1) is 15.4. The molecule has 0 aliphatic carbocycles. The van der Waals surface area contributed by atoms with Crippen LogP contribution >= 0.6 is 0 Å². The number of hydrogen-bond donors (Lipinski definition) is 0. The highest BCUT2D eigenvalue weighted by molar-refractivity contribution is 5.79. The van der Waals surface area contributed by atoms with E-state index in [1.807, 2.05) is 0 Å². The molecular formula is C21H30F8O6. The molecule has 1 unspecified atom stereocenters. The summed E-state index contributed by atoms with van der Waals surface area (Å²) in [6.45, 7) is 8.95. The molecule has 14 heteroatoms. The van der Waals surface area contributed by atoms with Crippen molar-refractivity contribution in [1.29, 1.82) is 0 Å². The van der Waals surface area contributed by atoms with Gasteiger partial charge in [-0.1, -0.05) is 41.5 Å². The van der Waals surface area contributed by atoms with E-state index in [2.05, 4.69) is 9.47 Å². The molecule has 0 aromatic carbocycles. The fraction of sp³-hybridized carbons (Fsp3) is 0.857. The predicted molar refractivity (Wildman–Crippen MR) is 105 cm³/mol. The maximum absolute atomic E-state index is 13.1. The zero-order chi connectivity index (χ0) is 28.2. The summed E-state index contributed by atoms with van der Waals surface area (Å²) >= 11 is 0. The summed E-state index contributed by atoms with van der Waals surface area (Å²) in [5.41, 5.74) is -2.63. The van der Waals surface area contributed by atoms with Crippen LogP contribution in [0.2, 0.25) is 0 Å². The third kappa shape index (κ3) is 8.78. The molecule has 0 rings (SSSR count). The van der Waals surface area contributed by atoms with Crippen LogP contribution in [0.5, 0.6) is 0 Å². The topological polar surface area (TPSA) is 78.9 Å². The van der Waals surface area contributed by atoms with Gasteiger partial charge in [-0.2, -0.15) is 17.6 Å².